The normalized spacial score (nSPS) is 40.9. The van der Waals surface area contributed by atoms with Crippen LogP contribution in [0.1, 0.15) is 69.2 Å². The molecule has 1 aromatic rings. The molecule has 0 aliphatic heterocycles. The number of alkyl halides is 2. The Morgan fingerprint density at radius 3 is 2.55 bits per heavy atom. The van der Waals surface area contributed by atoms with Crippen LogP contribution in [0.15, 0.2) is 42.0 Å². The van der Waals surface area contributed by atoms with E-state index in [1.807, 2.05) is 36.4 Å². The molecule has 0 N–H and O–H groups in total. The highest BCUT2D eigenvalue weighted by Crippen LogP contribution is 2.70. The zero-order valence-corrected chi connectivity index (χ0v) is 21.4. The molecule has 3 fully saturated rings. The minimum Gasteiger partial charge on any atom is -0.458 e. The first-order valence-corrected chi connectivity index (χ1v) is 13.1. The molecule has 0 radical (unpaired) electrons. The summed E-state index contributed by atoms with van der Waals surface area (Å²) < 4.78 is 5.94. The van der Waals surface area contributed by atoms with E-state index < -0.39 is 0 Å². The van der Waals surface area contributed by atoms with Crippen molar-refractivity contribution < 1.29 is 14.3 Å². The lowest BCUT2D eigenvalue weighted by Crippen LogP contribution is -2.53. The molecule has 0 aromatic heterocycles. The van der Waals surface area contributed by atoms with E-state index in [1.54, 1.807) is 0 Å². The van der Waals surface area contributed by atoms with E-state index in [1.165, 1.54) is 5.57 Å². The van der Waals surface area contributed by atoms with Gasteiger partial charge in [-0.3, -0.25) is 4.79 Å². The van der Waals surface area contributed by atoms with Crippen molar-refractivity contribution in [3.63, 3.8) is 0 Å². The second-order valence-electron chi connectivity index (χ2n) is 10.6. The Hall–Kier alpha value is -0.940. The first-order valence-electron chi connectivity index (χ1n) is 11.5. The number of carbonyl (C=O) groups excluding carboxylic acids is 2. The summed E-state index contributed by atoms with van der Waals surface area (Å²) in [4.78, 5) is 25.0. The lowest BCUT2D eigenvalue weighted by Gasteiger charge is -2.58. The molecule has 3 saturated carbocycles. The van der Waals surface area contributed by atoms with E-state index in [9.17, 15) is 9.59 Å². The van der Waals surface area contributed by atoms with Crippen LogP contribution in [0.5, 0.6) is 0 Å². The van der Waals surface area contributed by atoms with Crippen molar-refractivity contribution in [2.45, 2.75) is 68.1 Å². The van der Waals surface area contributed by atoms with Gasteiger partial charge in [-0.1, -0.05) is 69.5 Å². The summed E-state index contributed by atoms with van der Waals surface area (Å²) in [7, 11) is 0. The zero-order chi connectivity index (χ0) is 22.0. The van der Waals surface area contributed by atoms with Gasteiger partial charge >= 0.3 is 5.97 Å². The van der Waals surface area contributed by atoms with E-state index in [2.05, 4.69) is 45.7 Å². The highest BCUT2D eigenvalue weighted by Gasteiger charge is 2.67. The van der Waals surface area contributed by atoms with Crippen molar-refractivity contribution in [1.82, 2.24) is 0 Å². The number of fused-ring (bicyclic) bond motifs is 5. The Morgan fingerprint density at radius 2 is 1.81 bits per heavy atom. The Morgan fingerprint density at radius 1 is 1.06 bits per heavy atom. The molecule has 0 unspecified atom stereocenters. The molecule has 5 rings (SSSR count). The van der Waals surface area contributed by atoms with Gasteiger partial charge in [0.1, 0.15) is 6.10 Å². The molecule has 0 saturated heterocycles. The Kier molecular flexibility index (Phi) is 5.33. The molecule has 5 heteroatoms. The van der Waals surface area contributed by atoms with Gasteiger partial charge in [-0.2, -0.15) is 0 Å². The number of halogens is 2. The Balaban J connectivity index is 1.44. The third kappa shape index (κ3) is 3.40. The summed E-state index contributed by atoms with van der Waals surface area (Å²) in [5.41, 5.74) is 2.06. The molecular formula is C26H30Br2O3. The van der Waals surface area contributed by atoms with Crippen LogP contribution in [0.3, 0.4) is 0 Å². The predicted octanol–water partition coefficient (Wildman–Crippen LogP) is 6.84. The average molecular weight is 550 g/mol. The summed E-state index contributed by atoms with van der Waals surface area (Å²) in [6.45, 7) is 4.73. The van der Waals surface area contributed by atoms with Gasteiger partial charge in [0, 0.05) is 18.3 Å². The first kappa shape index (κ1) is 21.9. The van der Waals surface area contributed by atoms with E-state index in [0.717, 1.165) is 38.5 Å². The molecule has 4 aliphatic rings. The van der Waals surface area contributed by atoms with E-state index in [0.29, 0.717) is 35.5 Å². The minimum absolute atomic E-state index is 0.0688. The predicted molar refractivity (Wildman–Crippen MR) is 128 cm³/mol. The third-order valence-electron chi connectivity index (χ3n) is 9.08. The van der Waals surface area contributed by atoms with Gasteiger partial charge in [0.05, 0.1) is 8.80 Å². The quantitative estimate of drug-likeness (QED) is 0.299. The van der Waals surface area contributed by atoms with E-state index >= 15 is 0 Å². The van der Waals surface area contributed by atoms with Gasteiger partial charge in [0.2, 0.25) is 0 Å². The number of esters is 1. The number of ether oxygens (including phenoxy) is 1. The van der Waals surface area contributed by atoms with Crippen LogP contribution >= 0.6 is 31.9 Å². The van der Waals surface area contributed by atoms with Crippen LogP contribution in [0.4, 0.5) is 0 Å². The largest absolute Gasteiger partial charge is 0.458 e. The second-order valence-corrected chi connectivity index (χ2v) is 14.5. The number of hydrogen-bond acceptors (Lipinski definition) is 3. The van der Waals surface area contributed by atoms with Gasteiger partial charge in [-0.15, -0.1) is 0 Å². The van der Waals surface area contributed by atoms with Crippen molar-refractivity contribution in [2.24, 2.45) is 28.6 Å². The maximum Gasteiger partial charge on any atom is 0.338 e. The van der Waals surface area contributed by atoms with Crippen molar-refractivity contribution in [3.05, 3.63) is 47.5 Å². The number of rotatable bonds is 2. The SMILES string of the molecule is C[C@]12CC[C@H]3[C@@H](CCC4=CC(=O)CC[C@@]43C)[C@@H]1C(Br)(Br)C[C@@H]2OC(=O)c1ccccc1. The van der Waals surface area contributed by atoms with Crippen LogP contribution in [0.2, 0.25) is 0 Å². The lowest BCUT2D eigenvalue weighted by molar-refractivity contribution is -0.118. The number of ketones is 1. The first-order chi connectivity index (χ1) is 14.6. The summed E-state index contributed by atoms with van der Waals surface area (Å²) in [5, 5.41) is 0. The van der Waals surface area contributed by atoms with Crippen molar-refractivity contribution >= 4 is 43.6 Å². The summed E-state index contributed by atoms with van der Waals surface area (Å²) in [6.07, 6.45) is 8.57. The summed E-state index contributed by atoms with van der Waals surface area (Å²) in [6, 6.07) is 9.32. The zero-order valence-electron chi connectivity index (χ0n) is 18.2. The van der Waals surface area contributed by atoms with Crippen LogP contribution < -0.4 is 0 Å². The maximum atomic E-state index is 12.9. The number of allylic oxidation sites excluding steroid dienone is 1. The number of benzene rings is 1. The summed E-state index contributed by atoms with van der Waals surface area (Å²) >= 11 is 8.08. The van der Waals surface area contributed by atoms with Crippen LogP contribution in [0, 0.1) is 28.6 Å². The van der Waals surface area contributed by atoms with E-state index in [-0.39, 0.29) is 26.1 Å². The molecule has 0 spiro atoms. The molecule has 0 amide bonds. The maximum absolute atomic E-state index is 12.9. The fourth-order valence-electron chi connectivity index (χ4n) is 7.51. The highest BCUT2D eigenvalue weighted by molar-refractivity contribution is 9.25. The molecule has 166 valence electrons. The van der Waals surface area contributed by atoms with Crippen LogP contribution in [-0.4, -0.2) is 21.1 Å². The molecule has 3 nitrogen and oxygen atoms in total. The fourth-order valence-corrected chi connectivity index (χ4v) is 9.82. The van der Waals surface area contributed by atoms with Crippen molar-refractivity contribution in [3.8, 4) is 0 Å². The highest BCUT2D eigenvalue weighted by atomic mass is 79.9. The molecule has 1 aromatic carbocycles. The van der Waals surface area contributed by atoms with Gasteiger partial charge in [0.15, 0.2) is 5.78 Å². The van der Waals surface area contributed by atoms with E-state index in [4.69, 9.17) is 4.74 Å². The smallest absolute Gasteiger partial charge is 0.338 e. The van der Waals surface area contributed by atoms with Crippen LogP contribution in [0.25, 0.3) is 0 Å². The number of carbonyl (C=O) groups is 2. The molecule has 0 bridgehead atoms. The topological polar surface area (TPSA) is 43.4 Å². The third-order valence-corrected chi connectivity index (χ3v) is 10.7. The lowest BCUT2D eigenvalue weighted by atomic mass is 9.47. The fraction of sp³-hybridized carbons (Fsp3) is 0.615. The number of hydrogen-bond donors (Lipinski definition) is 0. The minimum atomic E-state index is -0.234. The standard InChI is InChI=1S/C26H30Br2O3/c1-24-12-10-18(29)14-17(24)8-9-19-20(24)11-13-25(2)21(15-26(27,28)22(19)25)31-23(30)16-6-4-3-5-7-16/h3-7,14,19-22H,8-13,15H2,1-2H3/t19-,20+,21+,22+,24+,25-/m1/s1. The summed E-state index contributed by atoms with van der Waals surface area (Å²) in [5.74, 6) is 1.58. The average Bonchev–Trinajstić information content (AvgIpc) is 2.94. The van der Waals surface area contributed by atoms with Gasteiger partial charge in [0.25, 0.3) is 0 Å². The molecule has 4 aliphatic carbocycles. The Labute approximate surface area is 201 Å². The molecule has 0 heterocycles. The van der Waals surface area contributed by atoms with Gasteiger partial charge in [-0.05, 0) is 73.5 Å². The Bertz CT molecular complexity index is 939. The van der Waals surface area contributed by atoms with Gasteiger partial charge < -0.3 is 4.74 Å². The van der Waals surface area contributed by atoms with Crippen molar-refractivity contribution in [1.29, 1.82) is 0 Å². The molecular weight excluding hydrogens is 520 g/mol. The monoisotopic (exact) mass is 548 g/mol. The van der Waals surface area contributed by atoms with Crippen LogP contribution in [-0.2, 0) is 9.53 Å². The van der Waals surface area contributed by atoms with Crippen molar-refractivity contribution in [2.75, 3.05) is 0 Å². The molecule has 31 heavy (non-hydrogen) atoms. The molecule has 6 atom stereocenters. The second kappa shape index (κ2) is 7.55. The van der Waals surface area contributed by atoms with Gasteiger partial charge in [-0.25, -0.2) is 4.79 Å².